The second-order valence-corrected chi connectivity index (χ2v) is 2.47. The zero-order valence-corrected chi connectivity index (χ0v) is 5.65. The van der Waals surface area contributed by atoms with E-state index in [0.29, 0.717) is 0 Å². The molecule has 0 amide bonds. The average Bonchev–Trinajstić information content (AvgIpc) is 2.13. The maximum atomic E-state index is 10.5. The van der Waals surface area contributed by atoms with E-state index in [1.165, 1.54) is 6.92 Å². The first kappa shape index (κ1) is 7.50. The molecular formula is C6H10O4. The van der Waals surface area contributed by atoms with Crippen LogP contribution in [0.25, 0.3) is 0 Å². The highest BCUT2D eigenvalue weighted by atomic mass is 16.6. The fraction of sp³-hybridized carbons (Fsp3) is 0.833. The van der Waals surface area contributed by atoms with Crippen molar-refractivity contribution in [3.05, 3.63) is 0 Å². The Bertz CT molecular complexity index is 143. The van der Waals surface area contributed by atoms with Gasteiger partial charge in [-0.1, -0.05) is 0 Å². The van der Waals surface area contributed by atoms with E-state index < -0.39 is 24.3 Å². The van der Waals surface area contributed by atoms with Crippen LogP contribution in [-0.4, -0.2) is 34.5 Å². The molecule has 0 bridgehead atoms. The first-order valence-corrected chi connectivity index (χ1v) is 3.18. The van der Waals surface area contributed by atoms with Crippen LogP contribution in [0.2, 0.25) is 0 Å². The van der Waals surface area contributed by atoms with Gasteiger partial charge in [-0.15, -0.1) is 0 Å². The molecule has 0 aromatic heterocycles. The summed E-state index contributed by atoms with van der Waals surface area (Å²) < 4.78 is 4.60. The summed E-state index contributed by atoms with van der Waals surface area (Å²) in [6, 6.07) is 0. The number of rotatable bonds is 1. The predicted octanol–water partition coefficient (Wildman–Crippen LogP) is -0.956. The second kappa shape index (κ2) is 2.56. The van der Waals surface area contributed by atoms with Crippen LogP contribution in [0.3, 0.4) is 0 Å². The van der Waals surface area contributed by atoms with E-state index in [1.54, 1.807) is 0 Å². The number of esters is 1. The molecule has 0 aromatic carbocycles. The number of carbonyl (C=O) groups excluding carboxylic acids is 1. The fourth-order valence-corrected chi connectivity index (χ4v) is 0.888. The number of carbonyl (C=O) groups is 1. The molecule has 3 atom stereocenters. The van der Waals surface area contributed by atoms with Crippen molar-refractivity contribution in [1.29, 1.82) is 0 Å². The zero-order chi connectivity index (χ0) is 7.72. The lowest BCUT2D eigenvalue weighted by molar-refractivity contribution is -0.150. The molecule has 0 saturated carbocycles. The molecule has 0 unspecified atom stereocenters. The average molecular weight is 146 g/mol. The van der Waals surface area contributed by atoms with Crippen molar-refractivity contribution >= 4 is 5.97 Å². The summed E-state index contributed by atoms with van der Waals surface area (Å²) in [6.07, 6.45) is -2.06. The summed E-state index contributed by atoms with van der Waals surface area (Å²) in [4.78, 5) is 10.5. The third-order valence-electron chi connectivity index (χ3n) is 1.53. The highest BCUT2D eigenvalue weighted by Crippen LogP contribution is 2.17. The Balaban J connectivity index is 2.49. The molecule has 4 nitrogen and oxygen atoms in total. The maximum Gasteiger partial charge on any atom is 0.335 e. The third-order valence-corrected chi connectivity index (χ3v) is 1.53. The molecule has 1 aliphatic rings. The fourth-order valence-electron chi connectivity index (χ4n) is 0.888. The molecular weight excluding hydrogens is 136 g/mol. The molecule has 0 aromatic rings. The Hall–Kier alpha value is -0.610. The van der Waals surface area contributed by atoms with Gasteiger partial charge in [-0.25, -0.2) is 4.79 Å². The Morgan fingerprint density at radius 2 is 2.40 bits per heavy atom. The molecule has 1 aliphatic heterocycles. The Morgan fingerprint density at radius 3 is 2.60 bits per heavy atom. The number of hydrogen-bond acceptors (Lipinski definition) is 4. The molecule has 0 radical (unpaired) electrons. The van der Waals surface area contributed by atoms with Crippen molar-refractivity contribution in [2.75, 3.05) is 0 Å². The lowest BCUT2D eigenvalue weighted by Gasteiger charge is -2.10. The van der Waals surface area contributed by atoms with Gasteiger partial charge in [-0.3, -0.25) is 0 Å². The first-order valence-electron chi connectivity index (χ1n) is 3.18. The summed E-state index contributed by atoms with van der Waals surface area (Å²) in [5.74, 6) is -0.633. The Morgan fingerprint density at radius 1 is 1.80 bits per heavy atom. The minimum Gasteiger partial charge on any atom is -0.458 e. The van der Waals surface area contributed by atoms with Gasteiger partial charge < -0.3 is 14.9 Å². The highest BCUT2D eigenvalue weighted by molar-refractivity contribution is 5.76. The summed E-state index contributed by atoms with van der Waals surface area (Å²) in [5, 5.41) is 17.7. The number of aliphatic hydroxyl groups excluding tert-OH is 2. The second-order valence-electron chi connectivity index (χ2n) is 2.47. The van der Waals surface area contributed by atoms with Gasteiger partial charge in [0.15, 0.2) is 6.10 Å². The summed E-state index contributed by atoms with van der Waals surface area (Å²) in [6.45, 7) is 1.52. The van der Waals surface area contributed by atoms with Crippen LogP contribution in [0.15, 0.2) is 0 Å². The molecule has 1 rings (SSSR count). The lowest BCUT2D eigenvalue weighted by atomic mass is 10.1. The lowest BCUT2D eigenvalue weighted by Crippen LogP contribution is -2.21. The van der Waals surface area contributed by atoms with Gasteiger partial charge in [-0.2, -0.15) is 0 Å². The van der Waals surface area contributed by atoms with Gasteiger partial charge in [0.25, 0.3) is 0 Å². The molecule has 0 spiro atoms. The highest BCUT2D eigenvalue weighted by Gasteiger charge is 2.35. The van der Waals surface area contributed by atoms with Gasteiger partial charge >= 0.3 is 5.97 Å². The molecule has 10 heavy (non-hydrogen) atoms. The van der Waals surface area contributed by atoms with E-state index in [1.807, 2.05) is 0 Å². The van der Waals surface area contributed by atoms with Crippen LogP contribution < -0.4 is 0 Å². The smallest absolute Gasteiger partial charge is 0.335 e. The largest absolute Gasteiger partial charge is 0.458 e. The van der Waals surface area contributed by atoms with Gasteiger partial charge in [0.05, 0.1) is 6.10 Å². The van der Waals surface area contributed by atoms with Crippen LogP contribution in [0.5, 0.6) is 0 Å². The standard InChI is InChI=1S/C6H10O4/c1-3(7)5-2-4(8)6(9)10-5/h3-5,7-8H,2H2,1H3/t3-,4+,5+/m1/s1. The minimum absolute atomic E-state index is 0.205. The minimum atomic E-state index is -1.04. The third kappa shape index (κ3) is 1.27. The number of aliphatic hydroxyl groups is 2. The van der Waals surface area contributed by atoms with Crippen LogP contribution in [0, 0.1) is 0 Å². The van der Waals surface area contributed by atoms with Crippen molar-refractivity contribution in [2.24, 2.45) is 0 Å². The normalized spacial score (nSPS) is 35.7. The van der Waals surface area contributed by atoms with E-state index >= 15 is 0 Å². The summed E-state index contributed by atoms with van der Waals surface area (Å²) >= 11 is 0. The number of ether oxygens (including phenoxy) is 1. The van der Waals surface area contributed by atoms with Crippen molar-refractivity contribution in [2.45, 2.75) is 31.7 Å². The molecule has 1 heterocycles. The SMILES string of the molecule is C[C@@H](O)[C@@H]1C[C@H](O)C(=O)O1. The molecule has 2 N–H and O–H groups in total. The number of hydrogen-bond donors (Lipinski definition) is 2. The van der Waals surface area contributed by atoms with E-state index in [9.17, 15) is 4.79 Å². The van der Waals surface area contributed by atoms with E-state index in [2.05, 4.69) is 4.74 Å². The number of cyclic esters (lactones) is 1. The van der Waals surface area contributed by atoms with E-state index in [4.69, 9.17) is 10.2 Å². The van der Waals surface area contributed by atoms with Crippen molar-refractivity contribution in [3.8, 4) is 0 Å². The van der Waals surface area contributed by atoms with Crippen LogP contribution in [-0.2, 0) is 9.53 Å². The zero-order valence-electron chi connectivity index (χ0n) is 5.65. The van der Waals surface area contributed by atoms with Crippen LogP contribution in [0.1, 0.15) is 13.3 Å². The van der Waals surface area contributed by atoms with Crippen molar-refractivity contribution in [1.82, 2.24) is 0 Å². The Labute approximate surface area is 58.4 Å². The van der Waals surface area contributed by atoms with Gasteiger partial charge in [0, 0.05) is 6.42 Å². The van der Waals surface area contributed by atoms with Crippen molar-refractivity contribution < 1.29 is 19.7 Å². The van der Waals surface area contributed by atoms with Crippen LogP contribution in [0.4, 0.5) is 0 Å². The van der Waals surface area contributed by atoms with E-state index in [-0.39, 0.29) is 6.42 Å². The van der Waals surface area contributed by atoms with Crippen LogP contribution >= 0.6 is 0 Å². The topological polar surface area (TPSA) is 66.8 Å². The first-order chi connectivity index (χ1) is 4.61. The van der Waals surface area contributed by atoms with Gasteiger partial charge in [0.2, 0.25) is 0 Å². The van der Waals surface area contributed by atoms with Gasteiger partial charge in [0.1, 0.15) is 6.10 Å². The Kier molecular flexibility index (Phi) is 1.92. The molecule has 1 fully saturated rings. The maximum absolute atomic E-state index is 10.5. The predicted molar refractivity (Wildman–Crippen MR) is 32.2 cm³/mol. The van der Waals surface area contributed by atoms with Gasteiger partial charge in [-0.05, 0) is 6.92 Å². The van der Waals surface area contributed by atoms with Crippen molar-refractivity contribution in [3.63, 3.8) is 0 Å². The molecule has 4 heteroatoms. The summed E-state index contributed by atoms with van der Waals surface area (Å²) in [7, 11) is 0. The summed E-state index contributed by atoms with van der Waals surface area (Å²) in [5.41, 5.74) is 0. The van der Waals surface area contributed by atoms with E-state index in [0.717, 1.165) is 0 Å². The molecule has 58 valence electrons. The monoisotopic (exact) mass is 146 g/mol. The molecule has 1 saturated heterocycles. The molecule has 0 aliphatic carbocycles. The quantitative estimate of drug-likeness (QED) is 0.468.